The summed E-state index contributed by atoms with van der Waals surface area (Å²) in [6, 6.07) is 7.63. The molecule has 0 aliphatic carbocycles. The number of benzene rings is 1. The highest BCUT2D eigenvalue weighted by Gasteiger charge is 2.04. The van der Waals surface area contributed by atoms with E-state index in [2.05, 4.69) is 19.2 Å². The average molecular weight is 238 g/mol. The molecular formula is C12H18N2OS. The van der Waals surface area contributed by atoms with E-state index in [1.807, 2.05) is 24.3 Å². The Kier molecular flexibility index (Phi) is 5.05. The van der Waals surface area contributed by atoms with E-state index in [4.69, 9.17) is 22.7 Å². The third-order valence-corrected chi connectivity index (χ3v) is 2.44. The highest BCUT2D eigenvalue weighted by molar-refractivity contribution is 7.80. The molecule has 0 heterocycles. The first-order valence-electron chi connectivity index (χ1n) is 5.48. The van der Waals surface area contributed by atoms with Crippen LogP contribution in [0.25, 0.3) is 0 Å². The molecule has 88 valence electrons. The summed E-state index contributed by atoms with van der Waals surface area (Å²) in [7, 11) is 0. The Balaban J connectivity index is 2.60. The van der Waals surface area contributed by atoms with Crippen LogP contribution in [0.5, 0.6) is 5.75 Å². The summed E-state index contributed by atoms with van der Waals surface area (Å²) in [5.41, 5.74) is 6.25. The number of rotatable bonds is 5. The molecule has 0 aliphatic rings. The highest BCUT2D eigenvalue weighted by Crippen LogP contribution is 2.18. The number of nitrogens with one attached hydrogen (secondary N) is 1. The molecule has 0 aliphatic heterocycles. The molecule has 1 aromatic rings. The van der Waals surface area contributed by atoms with Crippen molar-refractivity contribution < 1.29 is 4.74 Å². The third kappa shape index (κ3) is 4.06. The fraction of sp³-hybridized carbons (Fsp3) is 0.417. The van der Waals surface area contributed by atoms with Gasteiger partial charge in [0.25, 0.3) is 0 Å². The summed E-state index contributed by atoms with van der Waals surface area (Å²) in [6.45, 7) is 4.24. The Hall–Kier alpha value is -1.29. The van der Waals surface area contributed by atoms with Gasteiger partial charge in [-0.3, -0.25) is 0 Å². The average Bonchev–Trinajstić information content (AvgIpc) is 2.27. The molecule has 16 heavy (non-hydrogen) atoms. The smallest absolute Gasteiger partial charge is 0.168 e. The molecule has 0 saturated heterocycles. The van der Waals surface area contributed by atoms with E-state index in [0.29, 0.717) is 0 Å². The van der Waals surface area contributed by atoms with E-state index in [9.17, 15) is 0 Å². The largest absolute Gasteiger partial charge is 0.490 e. The zero-order chi connectivity index (χ0) is 12.0. The summed E-state index contributed by atoms with van der Waals surface area (Å²) in [4.78, 5) is 0. The number of hydrogen-bond acceptors (Lipinski definition) is 2. The van der Waals surface area contributed by atoms with Gasteiger partial charge in [0.1, 0.15) is 5.75 Å². The van der Waals surface area contributed by atoms with E-state index in [-0.39, 0.29) is 11.2 Å². The van der Waals surface area contributed by atoms with Crippen LogP contribution in [-0.4, -0.2) is 11.2 Å². The lowest BCUT2D eigenvalue weighted by Gasteiger charge is -2.15. The van der Waals surface area contributed by atoms with Crippen molar-refractivity contribution in [1.29, 1.82) is 0 Å². The van der Waals surface area contributed by atoms with Crippen LogP contribution in [0.1, 0.15) is 26.7 Å². The summed E-state index contributed by atoms with van der Waals surface area (Å²) in [5.74, 6) is 0.877. The molecule has 1 aromatic carbocycles. The van der Waals surface area contributed by atoms with Crippen LogP contribution < -0.4 is 15.8 Å². The van der Waals surface area contributed by atoms with Crippen molar-refractivity contribution in [3.63, 3.8) is 0 Å². The second kappa shape index (κ2) is 6.33. The van der Waals surface area contributed by atoms with Crippen LogP contribution in [0, 0.1) is 0 Å². The predicted octanol–water partition coefficient (Wildman–Crippen LogP) is 2.91. The highest BCUT2D eigenvalue weighted by atomic mass is 32.1. The number of anilines is 1. The minimum Gasteiger partial charge on any atom is -0.490 e. The minimum atomic E-state index is 0.272. The third-order valence-electron chi connectivity index (χ3n) is 2.34. The Bertz CT molecular complexity index is 333. The van der Waals surface area contributed by atoms with E-state index in [1.54, 1.807) is 0 Å². The number of ether oxygens (including phenoxy) is 1. The van der Waals surface area contributed by atoms with Crippen LogP contribution in [0.15, 0.2) is 24.3 Å². The Labute approximate surface area is 102 Å². The van der Waals surface area contributed by atoms with Crippen LogP contribution in [0.4, 0.5) is 5.69 Å². The van der Waals surface area contributed by atoms with Crippen LogP contribution in [-0.2, 0) is 0 Å². The Morgan fingerprint density at radius 2 is 1.88 bits per heavy atom. The minimum absolute atomic E-state index is 0.272. The topological polar surface area (TPSA) is 47.3 Å². The van der Waals surface area contributed by atoms with Gasteiger partial charge < -0.3 is 15.8 Å². The van der Waals surface area contributed by atoms with Gasteiger partial charge in [0.05, 0.1) is 6.10 Å². The molecule has 0 atom stereocenters. The van der Waals surface area contributed by atoms with Crippen LogP contribution in [0.2, 0.25) is 0 Å². The normalized spacial score (nSPS) is 10.2. The second-order valence-corrected chi connectivity index (χ2v) is 4.01. The number of hydrogen-bond donors (Lipinski definition) is 2. The molecule has 0 saturated carbocycles. The van der Waals surface area contributed by atoms with Gasteiger partial charge in [-0.2, -0.15) is 0 Å². The molecule has 3 nitrogen and oxygen atoms in total. The lowest BCUT2D eigenvalue weighted by atomic mass is 10.2. The first-order chi connectivity index (χ1) is 7.65. The molecule has 0 aromatic heterocycles. The van der Waals surface area contributed by atoms with Gasteiger partial charge in [-0.25, -0.2) is 0 Å². The van der Waals surface area contributed by atoms with Gasteiger partial charge in [-0.1, -0.05) is 13.8 Å². The van der Waals surface area contributed by atoms with Gasteiger partial charge in [-0.15, -0.1) is 0 Å². The van der Waals surface area contributed by atoms with E-state index in [0.717, 1.165) is 24.3 Å². The van der Waals surface area contributed by atoms with Gasteiger partial charge >= 0.3 is 0 Å². The fourth-order valence-corrected chi connectivity index (χ4v) is 1.52. The van der Waals surface area contributed by atoms with E-state index >= 15 is 0 Å². The molecule has 0 fully saturated rings. The summed E-state index contributed by atoms with van der Waals surface area (Å²) in [6.07, 6.45) is 2.32. The zero-order valence-electron chi connectivity index (χ0n) is 9.69. The van der Waals surface area contributed by atoms with Crippen molar-refractivity contribution in [1.82, 2.24) is 0 Å². The van der Waals surface area contributed by atoms with Crippen LogP contribution in [0.3, 0.4) is 0 Å². The van der Waals surface area contributed by atoms with Crippen LogP contribution >= 0.6 is 12.2 Å². The van der Waals surface area contributed by atoms with Crippen molar-refractivity contribution in [2.45, 2.75) is 32.8 Å². The first kappa shape index (κ1) is 12.8. The monoisotopic (exact) mass is 238 g/mol. The predicted molar refractivity (Wildman–Crippen MR) is 71.8 cm³/mol. The second-order valence-electron chi connectivity index (χ2n) is 3.57. The maximum absolute atomic E-state index is 5.78. The lowest BCUT2D eigenvalue weighted by Crippen LogP contribution is -2.18. The fourth-order valence-electron chi connectivity index (χ4n) is 1.41. The standard InChI is InChI=1S/C12H18N2OS/c1-3-10(4-2)15-11-7-5-9(6-8-11)14-12(13)16/h5-8,10H,3-4H2,1-2H3,(H3,13,14,16). The maximum Gasteiger partial charge on any atom is 0.168 e. The lowest BCUT2D eigenvalue weighted by molar-refractivity contribution is 0.193. The van der Waals surface area contributed by atoms with E-state index in [1.165, 1.54) is 0 Å². The molecule has 0 bridgehead atoms. The molecular weight excluding hydrogens is 220 g/mol. The van der Waals surface area contributed by atoms with Gasteiger partial charge in [0.2, 0.25) is 0 Å². The maximum atomic E-state index is 5.78. The summed E-state index contributed by atoms with van der Waals surface area (Å²) < 4.78 is 5.78. The van der Waals surface area contributed by atoms with Crippen molar-refractivity contribution in [3.8, 4) is 5.75 Å². The van der Waals surface area contributed by atoms with E-state index < -0.39 is 0 Å². The van der Waals surface area contributed by atoms with Gasteiger partial charge in [0, 0.05) is 5.69 Å². The van der Waals surface area contributed by atoms with Gasteiger partial charge in [-0.05, 0) is 49.3 Å². The zero-order valence-corrected chi connectivity index (χ0v) is 10.5. The summed E-state index contributed by atoms with van der Waals surface area (Å²) in [5, 5.41) is 3.14. The van der Waals surface area contributed by atoms with Crippen molar-refractivity contribution in [2.75, 3.05) is 5.32 Å². The molecule has 3 N–H and O–H groups in total. The van der Waals surface area contributed by atoms with Crippen molar-refractivity contribution >= 4 is 23.0 Å². The van der Waals surface area contributed by atoms with Crippen molar-refractivity contribution in [3.05, 3.63) is 24.3 Å². The Morgan fingerprint density at radius 3 is 2.31 bits per heavy atom. The SMILES string of the molecule is CCC(CC)Oc1ccc(NC(N)=S)cc1. The molecule has 4 heteroatoms. The Morgan fingerprint density at radius 1 is 1.31 bits per heavy atom. The molecule has 0 amide bonds. The molecule has 1 rings (SSSR count). The molecule has 0 spiro atoms. The van der Waals surface area contributed by atoms with Gasteiger partial charge in [0.15, 0.2) is 5.11 Å². The molecule has 0 radical (unpaired) electrons. The molecule has 0 unspecified atom stereocenters. The quantitative estimate of drug-likeness (QED) is 0.774. The number of nitrogens with two attached hydrogens (primary N) is 1. The van der Waals surface area contributed by atoms with Crippen molar-refractivity contribution in [2.24, 2.45) is 5.73 Å². The summed E-state index contributed by atoms with van der Waals surface area (Å²) >= 11 is 4.75. The number of thiocarbonyl (C=S) groups is 1. The first-order valence-corrected chi connectivity index (χ1v) is 5.89.